The lowest BCUT2D eigenvalue weighted by atomic mass is 10.1. The molecule has 11 heteroatoms. The highest BCUT2D eigenvalue weighted by atomic mass is 32.2. The minimum Gasteiger partial charge on any atom is -0.493 e. The molecule has 2 N–H and O–H groups in total. The number of nitrogens with one attached hydrogen (secondary N) is 1. The van der Waals surface area contributed by atoms with Crippen molar-refractivity contribution in [3.8, 4) is 11.5 Å². The third-order valence-corrected chi connectivity index (χ3v) is 8.81. The van der Waals surface area contributed by atoms with Gasteiger partial charge >= 0.3 is 6.09 Å². The zero-order valence-electron chi connectivity index (χ0n) is 23.6. The van der Waals surface area contributed by atoms with E-state index in [4.69, 9.17) is 19.4 Å². The molecule has 40 heavy (non-hydrogen) atoms. The molecular weight excluding hydrogens is 536 g/mol. The Hall–Kier alpha value is -3.31. The Morgan fingerprint density at radius 1 is 1.10 bits per heavy atom. The molecule has 2 aromatic rings. The molecule has 0 spiro atoms. The van der Waals surface area contributed by atoms with Gasteiger partial charge in [-0.1, -0.05) is 36.8 Å². The average molecular weight is 577 g/mol. The van der Waals surface area contributed by atoms with Crippen LogP contribution in [-0.4, -0.2) is 67.7 Å². The predicted molar refractivity (Wildman–Crippen MR) is 149 cm³/mol. The fourth-order valence-corrected chi connectivity index (χ4v) is 6.34. The highest BCUT2D eigenvalue weighted by molar-refractivity contribution is 7.92. The van der Waals surface area contributed by atoms with E-state index in [1.807, 2.05) is 30.3 Å². The molecule has 1 aliphatic rings. The first kappa shape index (κ1) is 31.2. The van der Waals surface area contributed by atoms with Gasteiger partial charge in [0, 0.05) is 25.5 Å². The highest BCUT2D eigenvalue weighted by Crippen LogP contribution is 2.34. The van der Waals surface area contributed by atoms with Crippen LogP contribution < -0.4 is 15.0 Å². The third-order valence-electron chi connectivity index (χ3n) is 6.61. The van der Waals surface area contributed by atoms with Crippen LogP contribution in [-0.2, 0) is 25.8 Å². The van der Waals surface area contributed by atoms with Gasteiger partial charge in [-0.2, -0.15) is 0 Å². The maximum atomic E-state index is 13.7. The van der Waals surface area contributed by atoms with Crippen LogP contribution in [0.5, 0.6) is 11.5 Å². The Morgan fingerprint density at radius 2 is 1.82 bits per heavy atom. The van der Waals surface area contributed by atoms with Gasteiger partial charge in [-0.05, 0) is 57.7 Å². The van der Waals surface area contributed by atoms with Crippen molar-refractivity contribution in [3.63, 3.8) is 0 Å². The van der Waals surface area contributed by atoms with Gasteiger partial charge in [0.2, 0.25) is 5.91 Å². The number of sulfone groups is 1. The zero-order chi connectivity index (χ0) is 29.3. The highest BCUT2D eigenvalue weighted by Gasteiger charge is 2.33. The number of nitrogens with zero attached hydrogens (tertiary/aromatic N) is 1. The van der Waals surface area contributed by atoms with Crippen LogP contribution in [0.4, 0.5) is 4.79 Å². The Balaban J connectivity index is 1.73. The standard InChI is InChI=1S/C29H40N2O8S/c1-29(2,3)39-28(33)31-17-16-22(20-31)38-26-18-24(14-15-25(26)37-4)40(35,36)23(19-27(32)30-34)13-9-8-12-21-10-6-5-7-11-21/h5-7,10-11,14-15,18,22-23,34H,8-9,12-13,16-17,19-20H2,1-4H3,(H,30,32). The first-order valence-corrected chi connectivity index (χ1v) is 15.0. The van der Waals surface area contributed by atoms with E-state index >= 15 is 0 Å². The second-order valence-corrected chi connectivity index (χ2v) is 13.1. The maximum absolute atomic E-state index is 13.7. The molecule has 0 bridgehead atoms. The lowest BCUT2D eigenvalue weighted by Gasteiger charge is -2.24. The number of methoxy groups -OCH3 is 1. The summed E-state index contributed by atoms with van der Waals surface area (Å²) in [4.78, 5) is 26.0. The van der Waals surface area contributed by atoms with Crippen molar-refractivity contribution >= 4 is 21.8 Å². The number of carbonyl (C=O) groups excluding carboxylic acids is 2. The fraction of sp³-hybridized carbons (Fsp3) is 0.517. The van der Waals surface area contributed by atoms with E-state index in [9.17, 15) is 18.0 Å². The van der Waals surface area contributed by atoms with Crippen LogP contribution in [0.1, 0.15) is 58.4 Å². The molecule has 0 aromatic heterocycles. The van der Waals surface area contributed by atoms with Crippen LogP contribution in [0.25, 0.3) is 0 Å². The van der Waals surface area contributed by atoms with Gasteiger partial charge in [0.15, 0.2) is 21.3 Å². The summed E-state index contributed by atoms with van der Waals surface area (Å²) in [5.41, 5.74) is 2.09. The van der Waals surface area contributed by atoms with Crippen molar-refractivity contribution in [2.45, 2.75) is 81.1 Å². The van der Waals surface area contributed by atoms with E-state index in [0.29, 0.717) is 25.1 Å². The Bertz CT molecular complexity index is 1240. The summed E-state index contributed by atoms with van der Waals surface area (Å²) < 4.78 is 44.3. The second-order valence-electron chi connectivity index (χ2n) is 10.9. The van der Waals surface area contributed by atoms with E-state index in [0.717, 1.165) is 18.4 Å². The van der Waals surface area contributed by atoms with E-state index in [2.05, 4.69) is 0 Å². The number of hydroxylamine groups is 1. The van der Waals surface area contributed by atoms with Crippen molar-refractivity contribution in [1.82, 2.24) is 10.4 Å². The zero-order valence-corrected chi connectivity index (χ0v) is 24.4. The molecule has 10 nitrogen and oxygen atoms in total. The Morgan fingerprint density at radius 3 is 2.48 bits per heavy atom. The SMILES string of the molecule is COc1ccc(S(=O)(=O)C(CCCCc2ccccc2)CC(=O)NO)cc1OC1CCN(C(=O)OC(C)(C)C)C1. The summed E-state index contributed by atoms with van der Waals surface area (Å²) in [6.07, 6.45) is 1.73. The minimum atomic E-state index is -3.97. The number of ether oxygens (including phenoxy) is 3. The van der Waals surface area contributed by atoms with Crippen molar-refractivity contribution in [1.29, 1.82) is 0 Å². The van der Waals surface area contributed by atoms with Gasteiger partial charge in [-0.3, -0.25) is 10.0 Å². The van der Waals surface area contributed by atoms with Crippen molar-refractivity contribution in [2.24, 2.45) is 0 Å². The van der Waals surface area contributed by atoms with E-state index in [1.54, 1.807) is 31.2 Å². The number of hydrogen-bond donors (Lipinski definition) is 2. The number of unbranched alkanes of at least 4 members (excludes halogenated alkanes) is 1. The molecule has 0 saturated carbocycles. The summed E-state index contributed by atoms with van der Waals surface area (Å²) in [6, 6.07) is 14.2. The fourth-order valence-electron chi connectivity index (χ4n) is 4.58. The Labute approximate surface area is 236 Å². The largest absolute Gasteiger partial charge is 0.493 e. The minimum absolute atomic E-state index is 0.0101. The topological polar surface area (TPSA) is 131 Å². The number of rotatable bonds is 12. The molecule has 2 atom stereocenters. The van der Waals surface area contributed by atoms with E-state index in [-0.39, 0.29) is 36.1 Å². The van der Waals surface area contributed by atoms with Crippen LogP contribution in [0.3, 0.4) is 0 Å². The lowest BCUT2D eigenvalue weighted by molar-refractivity contribution is -0.129. The molecule has 2 aromatic carbocycles. The van der Waals surface area contributed by atoms with Crippen LogP contribution in [0.15, 0.2) is 53.4 Å². The summed E-state index contributed by atoms with van der Waals surface area (Å²) in [5, 5.41) is 8.03. The summed E-state index contributed by atoms with van der Waals surface area (Å²) >= 11 is 0. The smallest absolute Gasteiger partial charge is 0.410 e. The molecular formula is C29H40N2O8S. The van der Waals surface area contributed by atoms with Gasteiger partial charge in [-0.15, -0.1) is 0 Å². The van der Waals surface area contributed by atoms with Crippen molar-refractivity contribution in [3.05, 3.63) is 54.1 Å². The Kier molecular flexibility index (Phi) is 10.8. The molecule has 0 radical (unpaired) electrons. The first-order chi connectivity index (χ1) is 18.9. The molecule has 1 saturated heterocycles. The van der Waals surface area contributed by atoms with E-state index < -0.39 is 32.7 Å². The lowest BCUT2D eigenvalue weighted by Crippen LogP contribution is -2.36. The van der Waals surface area contributed by atoms with E-state index in [1.165, 1.54) is 25.3 Å². The number of likely N-dealkylation sites (tertiary alicyclic amines) is 1. The summed E-state index contributed by atoms with van der Waals surface area (Å²) in [5.74, 6) is -0.189. The van der Waals surface area contributed by atoms with Crippen molar-refractivity contribution in [2.75, 3.05) is 20.2 Å². The monoisotopic (exact) mass is 576 g/mol. The second kappa shape index (κ2) is 13.8. The molecule has 1 heterocycles. The predicted octanol–water partition coefficient (Wildman–Crippen LogP) is 4.53. The summed E-state index contributed by atoms with van der Waals surface area (Å²) in [6.45, 7) is 6.13. The van der Waals surface area contributed by atoms with Crippen LogP contribution in [0, 0.1) is 0 Å². The molecule has 2 amide bonds. The number of hydrogen-bond acceptors (Lipinski definition) is 8. The number of aryl methyl sites for hydroxylation is 1. The quantitative estimate of drug-likeness (QED) is 0.214. The van der Waals surface area contributed by atoms with Crippen LogP contribution >= 0.6 is 0 Å². The molecule has 0 aliphatic carbocycles. The van der Waals surface area contributed by atoms with Gasteiger partial charge in [0.05, 0.1) is 23.8 Å². The maximum Gasteiger partial charge on any atom is 0.410 e. The summed E-state index contributed by atoms with van der Waals surface area (Å²) in [7, 11) is -2.51. The van der Waals surface area contributed by atoms with Gasteiger partial charge in [0.25, 0.3) is 0 Å². The number of carbonyl (C=O) groups is 2. The average Bonchev–Trinajstić information content (AvgIpc) is 3.38. The van der Waals surface area contributed by atoms with Gasteiger partial charge in [0.1, 0.15) is 11.7 Å². The van der Waals surface area contributed by atoms with Crippen LogP contribution in [0.2, 0.25) is 0 Å². The van der Waals surface area contributed by atoms with Crippen molar-refractivity contribution < 1.29 is 37.4 Å². The number of benzene rings is 2. The van der Waals surface area contributed by atoms with Gasteiger partial charge in [-0.25, -0.2) is 18.7 Å². The number of amides is 2. The molecule has 220 valence electrons. The first-order valence-electron chi connectivity index (χ1n) is 13.5. The van der Waals surface area contributed by atoms with Gasteiger partial charge < -0.3 is 19.1 Å². The molecule has 1 aliphatic heterocycles. The third kappa shape index (κ3) is 8.85. The molecule has 1 fully saturated rings. The normalized spacial score (nSPS) is 16.3. The molecule has 3 rings (SSSR count). The molecule has 2 unspecified atom stereocenters.